The van der Waals surface area contributed by atoms with Gasteiger partial charge in [0, 0.05) is 18.2 Å². The number of hydrogen-bond donors (Lipinski definition) is 2. The minimum absolute atomic E-state index is 0.0437. The number of carbonyl (C=O) groups excluding carboxylic acids is 2. The molecular formula is C20H23FN2O3. The third kappa shape index (κ3) is 5.58. The molecule has 0 aliphatic carbocycles. The van der Waals surface area contributed by atoms with E-state index in [2.05, 4.69) is 10.6 Å². The average molecular weight is 358 g/mol. The SMILES string of the molecule is COc1ccc(CC(=O)NCc2ccc(NC(=O)C(C)C)cc2)cc1F. The lowest BCUT2D eigenvalue weighted by molar-refractivity contribution is -0.120. The molecule has 0 spiro atoms. The third-order valence-corrected chi connectivity index (χ3v) is 3.82. The van der Waals surface area contributed by atoms with Gasteiger partial charge in [-0.2, -0.15) is 0 Å². The molecule has 6 heteroatoms. The van der Waals surface area contributed by atoms with E-state index in [9.17, 15) is 14.0 Å². The second-order valence-corrected chi connectivity index (χ2v) is 6.26. The van der Waals surface area contributed by atoms with Crippen molar-refractivity contribution in [3.8, 4) is 5.75 Å². The van der Waals surface area contributed by atoms with Gasteiger partial charge in [0.2, 0.25) is 11.8 Å². The van der Waals surface area contributed by atoms with E-state index >= 15 is 0 Å². The number of halogens is 1. The lowest BCUT2D eigenvalue weighted by atomic mass is 10.1. The molecule has 0 heterocycles. The fourth-order valence-electron chi connectivity index (χ4n) is 2.26. The van der Waals surface area contributed by atoms with Crippen molar-refractivity contribution in [1.82, 2.24) is 5.32 Å². The van der Waals surface area contributed by atoms with E-state index in [1.54, 1.807) is 18.2 Å². The van der Waals surface area contributed by atoms with Crippen LogP contribution in [-0.4, -0.2) is 18.9 Å². The number of carbonyl (C=O) groups is 2. The lowest BCUT2D eigenvalue weighted by Crippen LogP contribution is -2.24. The normalized spacial score (nSPS) is 10.5. The highest BCUT2D eigenvalue weighted by Crippen LogP contribution is 2.18. The molecule has 2 aromatic rings. The van der Waals surface area contributed by atoms with Gasteiger partial charge in [-0.3, -0.25) is 9.59 Å². The summed E-state index contributed by atoms with van der Waals surface area (Å²) in [5, 5.41) is 5.60. The summed E-state index contributed by atoms with van der Waals surface area (Å²) in [6.45, 7) is 4.01. The van der Waals surface area contributed by atoms with Crippen molar-refractivity contribution in [3.05, 3.63) is 59.4 Å². The minimum atomic E-state index is -0.489. The second kappa shape index (κ2) is 8.99. The first-order valence-electron chi connectivity index (χ1n) is 8.38. The zero-order chi connectivity index (χ0) is 19.1. The standard InChI is InChI=1S/C20H23FN2O3/c1-13(2)20(25)23-16-7-4-14(5-8-16)12-22-19(24)11-15-6-9-18(26-3)17(21)10-15/h4-10,13H,11-12H2,1-3H3,(H,22,24)(H,23,25). The summed E-state index contributed by atoms with van der Waals surface area (Å²) < 4.78 is 18.5. The summed E-state index contributed by atoms with van der Waals surface area (Å²) in [4.78, 5) is 23.7. The van der Waals surface area contributed by atoms with Crippen LogP contribution in [0.4, 0.5) is 10.1 Å². The maximum Gasteiger partial charge on any atom is 0.226 e. The molecule has 138 valence electrons. The first-order valence-corrected chi connectivity index (χ1v) is 8.38. The molecule has 0 aromatic heterocycles. The Balaban J connectivity index is 1.85. The highest BCUT2D eigenvalue weighted by Gasteiger charge is 2.09. The van der Waals surface area contributed by atoms with Gasteiger partial charge in [0.15, 0.2) is 11.6 Å². The summed E-state index contributed by atoms with van der Waals surface area (Å²) in [6.07, 6.45) is 0.0867. The van der Waals surface area contributed by atoms with Crippen LogP contribution in [0.15, 0.2) is 42.5 Å². The lowest BCUT2D eigenvalue weighted by Gasteiger charge is -2.09. The van der Waals surface area contributed by atoms with Crippen LogP contribution in [0.2, 0.25) is 0 Å². The van der Waals surface area contributed by atoms with Gasteiger partial charge in [-0.25, -0.2) is 4.39 Å². The predicted octanol–water partition coefficient (Wildman–Crippen LogP) is 3.29. The summed E-state index contributed by atoms with van der Waals surface area (Å²) >= 11 is 0. The zero-order valence-electron chi connectivity index (χ0n) is 15.1. The Hall–Kier alpha value is -2.89. The Bertz CT molecular complexity index is 773. The van der Waals surface area contributed by atoms with E-state index in [4.69, 9.17) is 4.74 Å². The Morgan fingerprint density at radius 3 is 2.31 bits per heavy atom. The number of benzene rings is 2. The number of ether oxygens (including phenoxy) is 1. The minimum Gasteiger partial charge on any atom is -0.494 e. The van der Waals surface area contributed by atoms with Crippen LogP contribution in [-0.2, 0) is 22.6 Å². The topological polar surface area (TPSA) is 67.4 Å². The number of nitrogens with one attached hydrogen (secondary N) is 2. The first kappa shape index (κ1) is 19.4. The number of hydrogen-bond acceptors (Lipinski definition) is 3. The molecule has 0 unspecified atom stereocenters. The monoisotopic (exact) mass is 358 g/mol. The molecule has 2 N–H and O–H groups in total. The number of amides is 2. The summed E-state index contributed by atoms with van der Waals surface area (Å²) in [5.41, 5.74) is 2.20. The first-order chi connectivity index (χ1) is 12.4. The van der Waals surface area contributed by atoms with E-state index in [1.807, 2.05) is 26.0 Å². The van der Waals surface area contributed by atoms with Crippen LogP contribution in [0, 0.1) is 11.7 Å². The number of methoxy groups -OCH3 is 1. The molecule has 0 atom stereocenters. The van der Waals surface area contributed by atoms with E-state index in [0.717, 1.165) is 5.56 Å². The van der Waals surface area contributed by atoms with Crippen LogP contribution in [0.25, 0.3) is 0 Å². The molecule has 5 nitrogen and oxygen atoms in total. The van der Waals surface area contributed by atoms with Gasteiger partial charge in [0.05, 0.1) is 13.5 Å². The molecule has 0 bridgehead atoms. The summed E-state index contributed by atoms with van der Waals surface area (Å²) in [6, 6.07) is 11.7. The van der Waals surface area contributed by atoms with Crippen LogP contribution in [0.3, 0.4) is 0 Å². The largest absolute Gasteiger partial charge is 0.494 e. The van der Waals surface area contributed by atoms with Gasteiger partial charge in [0.1, 0.15) is 0 Å². The molecule has 2 rings (SSSR count). The van der Waals surface area contributed by atoms with Crippen molar-refractivity contribution in [2.24, 2.45) is 5.92 Å². The van der Waals surface area contributed by atoms with Crippen molar-refractivity contribution in [2.45, 2.75) is 26.8 Å². The van der Waals surface area contributed by atoms with Crippen molar-refractivity contribution >= 4 is 17.5 Å². The number of anilines is 1. The molecular weight excluding hydrogens is 335 g/mol. The van der Waals surface area contributed by atoms with Crippen LogP contribution < -0.4 is 15.4 Å². The molecule has 26 heavy (non-hydrogen) atoms. The molecule has 0 radical (unpaired) electrons. The Labute approximate surface area is 152 Å². The van der Waals surface area contributed by atoms with Gasteiger partial charge in [0.25, 0.3) is 0 Å². The fourth-order valence-corrected chi connectivity index (χ4v) is 2.26. The maximum atomic E-state index is 13.6. The Morgan fingerprint density at radius 2 is 1.73 bits per heavy atom. The molecule has 0 aliphatic rings. The third-order valence-electron chi connectivity index (χ3n) is 3.82. The molecule has 0 saturated carbocycles. The zero-order valence-corrected chi connectivity index (χ0v) is 15.1. The van der Waals surface area contributed by atoms with E-state index in [-0.39, 0.29) is 29.9 Å². The van der Waals surface area contributed by atoms with Gasteiger partial charge < -0.3 is 15.4 Å². The highest BCUT2D eigenvalue weighted by atomic mass is 19.1. The Kier molecular flexibility index (Phi) is 6.72. The van der Waals surface area contributed by atoms with E-state index < -0.39 is 5.82 Å². The van der Waals surface area contributed by atoms with Crippen molar-refractivity contribution < 1.29 is 18.7 Å². The van der Waals surface area contributed by atoms with Crippen LogP contribution in [0.5, 0.6) is 5.75 Å². The highest BCUT2D eigenvalue weighted by molar-refractivity contribution is 5.92. The van der Waals surface area contributed by atoms with E-state index in [1.165, 1.54) is 19.2 Å². The van der Waals surface area contributed by atoms with Crippen molar-refractivity contribution in [1.29, 1.82) is 0 Å². The second-order valence-electron chi connectivity index (χ2n) is 6.26. The van der Waals surface area contributed by atoms with Gasteiger partial charge >= 0.3 is 0 Å². The molecule has 0 fully saturated rings. The molecule has 0 aliphatic heterocycles. The summed E-state index contributed by atoms with van der Waals surface area (Å²) in [5.74, 6) is -0.670. The van der Waals surface area contributed by atoms with Gasteiger partial charge in [-0.15, -0.1) is 0 Å². The van der Waals surface area contributed by atoms with E-state index in [0.29, 0.717) is 17.8 Å². The predicted molar refractivity (Wildman–Crippen MR) is 98.4 cm³/mol. The van der Waals surface area contributed by atoms with Crippen molar-refractivity contribution in [3.63, 3.8) is 0 Å². The molecule has 2 aromatic carbocycles. The molecule has 2 amide bonds. The number of rotatable bonds is 7. The molecule has 0 saturated heterocycles. The van der Waals surface area contributed by atoms with Gasteiger partial charge in [-0.1, -0.05) is 32.0 Å². The maximum absolute atomic E-state index is 13.6. The average Bonchev–Trinajstić information content (AvgIpc) is 2.61. The quantitative estimate of drug-likeness (QED) is 0.798. The van der Waals surface area contributed by atoms with Crippen LogP contribution >= 0.6 is 0 Å². The van der Waals surface area contributed by atoms with Crippen molar-refractivity contribution in [2.75, 3.05) is 12.4 Å². The fraction of sp³-hybridized carbons (Fsp3) is 0.300. The van der Waals surface area contributed by atoms with Gasteiger partial charge in [-0.05, 0) is 35.4 Å². The van der Waals surface area contributed by atoms with Crippen LogP contribution in [0.1, 0.15) is 25.0 Å². The smallest absolute Gasteiger partial charge is 0.226 e. The Morgan fingerprint density at radius 1 is 1.08 bits per heavy atom. The summed E-state index contributed by atoms with van der Waals surface area (Å²) in [7, 11) is 1.39.